The Hall–Kier alpha value is 0.0300. The van der Waals surface area contributed by atoms with E-state index >= 15 is 0 Å². The van der Waals surface area contributed by atoms with Crippen LogP contribution in [0.5, 0.6) is 5.75 Å². The fourth-order valence-electron chi connectivity index (χ4n) is 0.683. The van der Waals surface area contributed by atoms with Gasteiger partial charge >= 0.3 is 0 Å². The van der Waals surface area contributed by atoms with Crippen molar-refractivity contribution >= 4 is 47.3 Å². The van der Waals surface area contributed by atoms with Crippen molar-refractivity contribution in [1.29, 1.82) is 0 Å². The summed E-state index contributed by atoms with van der Waals surface area (Å²) in [4.78, 5) is -0.163. The molecule has 0 radical (unpaired) electrons. The molecule has 1 aromatic rings. The number of benzene rings is 1. The predicted molar refractivity (Wildman–Crippen MR) is 53.9 cm³/mol. The van der Waals surface area contributed by atoms with Gasteiger partial charge in [0.05, 0.1) is 14.4 Å². The third kappa shape index (κ3) is 2.49. The third-order valence-corrected chi connectivity index (χ3v) is 3.50. The fraction of sp³-hybridized carbons (Fsp3) is 0. The first-order valence-electron chi connectivity index (χ1n) is 2.95. The Labute approximate surface area is 92.8 Å². The summed E-state index contributed by atoms with van der Waals surface area (Å²) in [5, 5.41) is 9.10. The van der Waals surface area contributed by atoms with Crippen LogP contribution >= 0.6 is 38.2 Å². The van der Waals surface area contributed by atoms with Crippen LogP contribution in [0.15, 0.2) is 21.5 Å². The first kappa shape index (κ1) is 11.1. The van der Waals surface area contributed by atoms with E-state index < -0.39 is 9.05 Å². The summed E-state index contributed by atoms with van der Waals surface area (Å²) in [5.41, 5.74) is 0. The average Bonchev–Trinajstić information content (AvgIpc) is 1.97. The summed E-state index contributed by atoms with van der Waals surface area (Å²) < 4.78 is 21.9. The van der Waals surface area contributed by atoms with Gasteiger partial charge in [0.15, 0.2) is 0 Å². The number of rotatable bonds is 1. The van der Waals surface area contributed by atoms with Crippen molar-refractivity contribution in [3.63, 3.8) is 0 Å². The maximum Gasteiger partial charge on any atom is 0.261 e. The molecule has 0 aliphatic heterocycles. The van der Waals surface area contributed by atoms with Gasteiger partial charge in [-0.2, -0.15) is 0 Å². The molecule has 0 aromatic heterocycles. The SMILES string of the molecule is O=S(=O)(Cl)c1cc(Cl)c(O)c(Br)c1. The normalized spacial score (nSPS) is 11.6. The molecule has 1 rings (SSSR count). The Morgan fingerprint density at radius 3 is 2.31 bits per heavy atom. The van der Waals surface area contributed by atoms with E-state index in [1.807, 2.05) is 0 Å². The first-order valence-corrected chi connectivity index (χ1v) is 6.43. The molecule has 0 spiro atoms. The highest BCUT2D eigenvalue weighted by molar-refractivity contribution is 9.10. The number of hydrogen-bond acceptors (Lipinski definition) is 3. The number of phenolic OH excluding ortho intramolecular Hbond substituents is 1. The monoisotopic (exact) mass is 304 g/mol. The minimum Gasteiger partial charge on any atom is -0.505 e. The number of halogens is 3. The molecule has 0 unspecified atom stereocenters. The van der Waals surface area contributed by atoms with Gasteiger partial charge in [0.1, 0.15) is 5.75 Å². The number of phenols is 1. The van der Waals surface area contributed by atoms with Gasteiger partial charge in [-0.1, -0.05) is 11.6 Å². The van der Waals surface area contributed by atoms with Crippen molar-refractivity contribution in [2.45, 2.75) is 4.90 Å². The second-order valence-corrected chi connectivity index (χ2v) is 6.00. The van der Waals surface area contributed by atoms with Crippen LogP contribution in [0, 0.1) is 0 Å². The molecule has 0 fully saturated rings. The van der Waals surface area contributed by atoms with Crippen LogP contribution in [0.4, 0.5) is 0 Å². The van der Waals surface area contributed by atoms with Crippen molar-refractivity contribution in [3.8, 4) is 5.75 Å². The van der Waals surface area contributed by atoms with Gasteiger partial charge in [0.2, 0.25) is 0 Å². The molecule has 0 bridgehead atoms. The molecular formula is C6H3BrCl2O3S. The molecule has 13 heavy (non-hydrogen) atoms. The zero-order valence-electron chi connectivity index (χ0n) is 5.96. The minimum atomic E-state index is -3.82. The van der Waals surface area contributed by atoms with Crippen molar-refractivity contribution in [2.24, 2.45) is 0 Å². The molecule has 1 aromatic carbocycles. The van der Waals surface area contributed by atoms with Gasteiger partial charge in [0.25, 0.3) is 9.05 Å². The van der Waals surface area contributed by atoms with Gasteiger partial charge in [-0.3, -0.25) is 0 Å². The smallest absolute Gasteiger partial charge is 0.261 e. The van der Waals surface area contributed by atoms with Crippen LogP contribution in [0.2, 0.25) is 5.02 Å². The molecule has 1 N–H and O–H groups in total. The summed E-state index contributed by atoms with van der Waals surface area (Å²) in [6, 6.07) is 2.24. The van der Waals surface area contributed by atoms with Crippen molar-refractivity contribution < 1.29 is 13.5 Å². The molecule has 0 aliphatic rings. The number of aromatic hydroxyl groups is 1. The highest BCUT2D eigenvalue weighted by atomic mass is 79.9. The third-order valence-electron chi connectivity index (χ3n) is 1.27. The van der Waals surface area contributed by atoms with E-state index in [0.29, 0.717) is 0 Å². The highest BCUT2D eigenvalue weighted by Crippen LogP contribution is 2.35. The summed E-state index contributed by atoms with van der Waals surface area (Å²) in [7, 11) is 1.25. The Morgan fingerprint density at radius 2 is 1.92 bits per heavy atom. The topological polar surface area (TPSA) is 54.4 Å². The molecule has 0 amide bonds. The van der Waals surface area contributed by atoms with Crippen molar-refractivity contribution in [1.82, 2.24) is 0 Å². The van der Waals surface area contributed by atoms with Crippen molar-refractivity contribution in [2.75, 3.05) is 0 Å². The van der Waals surface area contributed by atoms with E-state index in [1.165, 1.54) is 6.07 Å². The highest BCUT2D eigenvalue weighted by Gasteiger charge is 2.14. The maximum absolute atomic E-state index is 10.9. The van der Waals surface area contributed by atoms with Gasteiger partial charge in [-0.25, -0.2) is 8.42 Å². The molecule has 0 saturated carbocycles. The van der Waals surface area contributed by atoms with Gasteiger partial charge in [-0.05, 0) is 28.1 Å². The van der Waals surface area contributed by atoms with Crippen molar-refractivity contribution in [3.05, 3.63) is 21.6 Å². The standard InChI is InChI=1S/C6H3BrCl2O3S/c7-4-1-3(13(9,11)12)2-5(8)6(4)10/h1-2,10H. The van der Waals surface area contributed by atoms with Crippen LogP contribution in [-0.2, 0) is 9.05 Å². The minimum absolute atomic E-state index is 0.0754. The van der Waals surface area contributed by atoms with Crippen LogP contribution < -0.4 is 0 Å². The lowest BCUT2D eigenvalue weighted by Crippen LogP contribution is -1.90. The zero-order chi connectivity index (χ0) is 10.2. The number of hydrogen-bond donors (Lipinski definition) is 1. The van der Waals surface area contributed by atoms with E-state index in [2.05, 4.69) is 15.9 Å². The summed E-state index contributed by atoms with van der Waals surface area (Å²) in [5.74, 6) is -0.217. The maximum atomic E-state index is 10.9. The van der Waals surface area contributed by atoms with E-state index in [0.717, 1.165) is 6.07 Å². The fourth-order valence-corrected chi connectivity index (χ4v) is 2.48. The molecule has 0 aliphatic carbocycles. The van der Waals surface area contributed by atoms with Gasteiger partial charge in [0, 0.05) is 10.7 Å². The lowest BCUT2D eigenvalue weighted by Gasteiger charge is -2.02. The van der Waals surface area contributed by atoms with Crippen LogP contribution in [0.3, 0.4) is 0 Å². The van der Waals surface area contributed by atoms with Gasteiger partial charge in [-0.15, -0.1) is 0 Å². The van der Waals surface area contributed by atoms with E-state index in [1.54, 1.807) is 0 Å². The Kier molecular flexibility index (Phi) is 3.12. The molecule has 0 saturated heterocycles. The summed E-state index contributed by atoms with van der Waals surface area (Å²) >= 11 is 8.45. The average molecular weight is 306 g/mol. The molecule has 0 heterocycles. The van der Waals surface area contributed by atoms with Crippen LogP contribution in [-0.4, -0.2) is 13.5 Å². The molecule has 72 valence electrons. The Balaban J connectivity index is 3.47. The predicted octanol–water partition coefficient (Wildman–Crippen LogP) is 2.74. The Bertz CT molecular complexity index is 420. The second-order valence-electron chi connectivity index (χ2n) is 2.17. The summed E-state index contributed by atoms with van der Waals surface area (Å²) in [6.45, 7) is 0. The van der Waals surface area contributed by atoms with E-state index in [4.69, 9.17) is 22.3 Å². The molecule has 0 atom stereocenters. The Morgan fingerprint density at radius 1 is 1.38 bits per heavy atom. The van der Waals surface area contributed by atoms with E-state index in [-0.39, 0.29) is 20.1 Å². The molecular weight excluding hydrogens is 303 g/mol. The summed E-state index contributed by atoms with van der Waals surface area (Å²) in [6.07, 6.45) is 0. The molecule has 3 nitrogen and oxygen atoms in total. The first-order chi connectivity index (χ1) is 5.82. The van der Waals surface area contributed by atoms with Crippen LogP contribution in [0.25, 0.3) is 0 Å². The zero-order valence-corrected chi connectivity index (χ0v) is 9.87. The van der Waals surface area contributed by atoms with E-state index in [9.17, 15) is 13.5 Å². The largest absolute Gasteiger partial charge is 0.505 e. The quantitative estimate of drug-likeness (QED) is 0.812. The lowest BCUT2D eigenvalue weighted by molar-refractivity contribution is 0.471. The lowest BCUT2D eigenvalue weighted by atomic mass is 10.3. The molecule has 7 heteroatoms. The second kappa shape index (κ2) is 3.65. The van der Waals surface area contributed by atoms with Crippen LogP contribution in [0.1, 0.15) is 0 Å². The van der Waals surface area contributed by atoms with Gasteiger partial charge < -0.3 is 5.11 Å².